The number of pyridine rings is 1. The van der Waals surface area contributed by atoms with E-state index in [0.29, 0.717) is 12.4 Å². The minimum Gasteiger partial charge on any atom is -0.480 e. The number of aromatic nitrogens is 1. The average molecular weight is 280 g/mol. The van der Waals surface area contributed by atoms with E-state index in [9.17, 15) is 9.59 Å². The smallest absolute Gasteiger partial charge is 0.328 e. The third-order valence-electron chi connectivity index (χ3n) is 2.99. The Balaban J connectivity index is 2.03. The molecule has 0 aromatic carbocycles. The average Bonchev–Trinajstić information content (AvgIpc) is 2.47. The second-order valence-electron chi connectivity index (χ2n) is 4.41. The van der Waals surface area contributed by atoms with Crippen molar-refractivity contribution >= 4 is 11.9 Å². The number of amides is 1. The number of carbonyl (C=O) groups is 2. The lowest BCUT2D eigenvalue weighted by atomic mass is 10.2. The van der Waals surface area contributed by atoms with Crippen LogP contribution in [0.2, 0.25) is 0 Å². The van der Waals surface area contributed by atoms with Gasteiger partial charge in [-0.25, -0.2) is 4.79 Å². The number of nitrogens with zero attached hydrogens (tertiary/aromatic N) is 2. The van der Waals surface area contributed by atoms with Gasteiger partial charge in [-0.3, -0.25) is 9.78 Å². The number of morpholine rings is 1. The van der Waals surface area contributed by atoms with E-state index in [2.05, 4.69) is 4.98 Å². The number of rotatable bonds is 4. The predicted octanol–water partition coefficient (Wildman–Crippen LogP) is 0.161. The Morgan fingerprint density at radius 1 is 1.60 bits per heavy atom. The summed E-state index contributed by atoms with van der Waals surface area (Å²) >= 11 is 0. The second kappa shape index (κ2) is 6.33. The summed E-state index contributed by atoms with van der Waals surface area (Å²) in [5.41, 5.74) is 0. The fourth-order valence-corrected chi connectivity index (χ4v) is 1.98. The van der Waals surface area contributed by atoms with Crippen LogP contribution in [-0.4, -0.2) is 58.8 Å². The Labute approximate surface area is 116 Å². The molecule has 1 saturated heterocycles. The Kier molecular flexibility index (Phi) is 4.52. The first-order valence-corrected chi connectivity index (χ1v) is 6.27. The Bertz CT molecular complexity index is 479. The number of carboxylic acids is 1. The fourth-order valence-electron chi connectivity index (χ4n) is 1.98. The van der Waals surface area contributed by atoms with Crippen LogP contribution in [0.1, 0.15) is 6.92 Å². The molecule has 0 aliphatic carbocycles. The van der Waals surface area contributed by atoms with Crippen LogP contribution in [0.3, 0.4) is 0 Å². The van der Waals surface area contributed by atoms with Gasteiger partial charge in [-0.15, -0.1) is 0 Å². The number of hydrogen-bond donors (Lipinski definition) is 1. The summed E-state index contributed by atoms with van der Waals surface area (Å²) in [6, 6.07) is 2.42. The molecule has 0 saturated carbocycles. The van der Waals surface area contributed by atoms with Crippen LogP contribution in [0.15, 0.2) is 24.5 Å². The van der Waals surface area contributed by atoms with Crippen molar-refractivity contribution in [1.82, 2.24) is 9.88 Å². The monoisotopic (exact) mass is 280 g/mol. The van der Waals surface area contributed by atoms with Crippen LogP contribution in [0.4, 0.5) is 0 Å². The summed E-state index contributed by atoms with van der Waals surface area (Å²) < 4.78 is 10.6. The van der Waals surface area contributed by atoms with Crippen LogP contribution >= 0.6 is 0 Å². The van der Waals surface area contributed by atoms with Crippen molar-refractivity contribution in [3.8, 4) is 5.75 Å². The van der Waals surface area contributed by atoms with Crippen LogP contribution in [0.25, 0.3) is 0 Å². The van der Waals surface area contributed by atoms with Crippen molar-refractivity contribution in [2.24, 2.45) is 0 Å². The highest BCUT2D eigenvalue weighted by Gasteiger charge is 2.35. The summed E-state index contributed by atoms with van der Waals surface area (Å²) in [6.45, 7) is 2.16. The van der Waals surface area contributed by atoms with Crippen molar-refractivity contribution in [3.05, 3.63) is 24.5 Å². The van der Waals surface area contributed by atoms with E-state index in [1.165, 1.54) is 11.1 Å². The lowest BCUT2D eigenvalue weighted by molar-refractivity contribution is -0.161. The largest absolute Gasteiger partial charge is 0.480 e. The Morgan fingerprint density at radius 3 is 3.05 bits per heavy atom. The molecule has 1 amide bonds. The molecular formula is C13H16N2O5. The lowest BCUT2D eigenvalue weighted by Crippen LogP contribution is -2.55. The zero-order valence-corrected chi connectivity index (χ0v) is 11.1. The quantitative estimate of drug-likeness (QED) is 0.845. The molecule has 2 heterocycles. The SMILES string of the molecule is CC(Oc1cccnc1)C(=O)N1CCOCC1C(=O)O. The summed E-state index contributed by atoms with van der Waals surface area (Å²) in [4.78, 5) is 28.6. The van der Waals surface area contributed by atoms with Gasteiger partial charge in [-0.2, -0.15) is 0 Å². The van der Waals surface area contributed by atoms with Gasteiger partial charge in [0.05, 0.1) is 19.4 Å². The maximum absolute atomic E-state index is 12.3. The molecule has 20 heavy (non-hydrogen) atoms. The number of carboxylic acid groups (broad SMARTS) is 1. The van der Waals surface area contributed by atoms with E-state index in [1.54, 1.807) is 25.3 Å². The molecule has 1 fully saturated rings. The normalized spacial score (nSPS) is 20.2. The highest BCUT2D eigenvalue weighted by Crippen LogP contribution is 2.14. The lowest BCUT2D eigenvalue weighted by Gasteiger charge is -2.34. The first-order chi connectivity index (χ1) is 9.59. The highest BCUT2D eigenvalue weighted by molar-refractivity contribution is 5.86. The van der Waals surface area contributed by atoms with E-state index in [4.69, 9.17) is 14.6 Å². The van der Waals surface area contributed by atoms with Gasteiger partial charge < -0.3 is 19.5 Å². The van der Waals surface area contributed by atoms with Crippen molar-refractivity contribution in [3.63, 3.8) is 0 Å². The summed E-state index contributed by atoms with van der Waals surface area (Å²) in [6.07, 6.45) is 2.32. The van der Waals surface area contributed by atoms with E-state index in [-0.39, 0.29) is 19.1 Å². The van der Waals surface area contributed by atoms with Crippen molar-refractivity contribution in [2.75, 3.05) is 19.8 Å². The molecule has 0 bridgehead atoms. The Morgan fingerprint density at radius 2 is 2.40 bits per heavy atom. The van der Waals surface area contributed by atoms with Gasteiger partial charge >= 0.3 is 5.97 Å². The van der Waals surface area contributed by atoms with Crippen LogP contribution in [0, 0.1) is 0 Å². The molecule has 7 nitrogen and oxygen atoms in total. The molecule has 0 spiro atoms. The predicted molar refractivity (Wildman–Crippen MR) is 68.3 cm³/mol. The van der Waals surface area contributed by atoms with Crippen LogP contribution in [-0.2, 0) is 14.3 Å². The minimum atomic E-state index is -1.08. The van der Waals surface area contributed by atoms with Gasteiger partial charge in [-0.1, -0.05) is 0 Å². The number of aliphatic carboxylic acids is 1. The number of ether oxygens (including phenoxy) is 2. The summed E-state index contributed by atoms with van der Waals surface area (Å²) in [7, 11) is 0. The van der Waals surface area contributed by atoms with E-state index < -0.39 is 18.1 Å². The molecule has 2 unspecified atom stereocenters. The fraction of sp³-hybridized carbons (Fsp3) is 0.462. The summed E-state index contributed by atoms with van der Waals surface area (Å²) in [5.74, 6) is -0.982. The number of hydrogen-bond acceptors (Lipinski definition) is 5. The zero-order valence-electron chi connectivity index (χ0n) is 11.1. The topological polar surface area (TPSA) is 89.0 Å². The Hall–Kier alpha value is -2.15. The molecule has 1 aliphatic heterocycles. The number of carbonyl (C=O) groups excluding carboxylic acids is 1. The van der Waals surface area contributed by atoms with Gasteiger partial charge in [0, 0.05) is 12.7 Å². The van der Waals surface area contributed by atoms with Crippen LogP contribution in [0.5, 0.6) is 5.75 Å². The molecule has 1 aromatic heterocycles. The second-order valence-corrected chi connectivity index (χ2v) is 4.41. The van der Waals surface area contributed by atoms with Crippen LogP contribution < -0.4 is 4.74 Å². The third-order valence-corrected chi connectivity index (χ3v) is 2.99. The molecule has 1 aliphatic rings. The molecule has 1 N–H and O–H groups in total. The molecule has 0 radical (unpaired) electrons. The van der Waals surface area contributed by atoms with Gasteiger partial charge in [0.25, 0.3) is 5.91 Å². The first-order valence-electron chi connectivity index (χ1n) is 6.27. The molecule has 1 aromatic rings. The summed E-state index contributed by atoms with van der Waals surface area (Å²) in [5, 5.41) is 9.10. The van der Waals surface area contributed by atoms with Crippen molar-refractivity contribution < 1.29 is 24.2 Å². The van der Waals surface area contributed by atoms with Gasteiger partial charge in [0.15, 0.2) is 12.1 Å². The van der Waals surface area contributed by atoms with Crippen molar-refractivity contribution in [2.45, 2.75) is 19.1 Å². The van der Waals surface area contributed by atoms with Gasteiger partial charge in [0.1, 0.15) is 5.75 Å². The standard InChI is InChI=1S/C13H16N2O5/c1-9(20-10-3-2-4-14-7-10)12(16)15-5-6-19-8-11(15)13(17)18/h2-4,7,9,11H,5-6,8H2,1H3,(H,17,18). The molecule has 7 heteroatoms. The van der Waals surface area contributed by atoms with Gasteiger partial charge in [0.2, 0.25) is 0 Å². The van der Waals surface area contributed by atoms with E-state index in [1.807, 2.05) is 0 Å². The van der Waals surface area contributed by atoms with Gasteiger partial charge in [-0.05, 0) is 19.1 Å². The van der Waals surface area contributed by atoms with E-state index in [0.717, 1.165) is 0 Å². The molecule has 2 rings (SSSR count). The maximum atomic E-state index is 12.3. The minimum absolute atomic E-state index is 0.000680. The molecular weight excluding hydrogens is 264 g/mol. The first kappa shape index (κ1) is 14.3. The molecule has 108 valence electrons. The third kappa shape index (κ3) is 3.24. The van der Waals surface area contributed by atoms with E-state index >= 15 is 0 Å². The van der Waals surface area contributed by atoms with Crippen molar-refractivity contribution in [1.29, 1.82) is 0 Å². The molecule has 2 atom stereocenters. The highest BCUT2D eigenvalue weighted by atomic mass is 16.5. The zero-order chi connectivity index (χ0) is 14.5. The maximum Gasteiger partial charge on any atom is 0.328 e.